The van der Waals surface area contributed by atoms with E-state index in [1.165, 1.54) is 46.9 Å². The van der Waals surface area contributed by atoms with Crippen molar-refractivity contribution in [1.29, 1.82) is 0 Å². The Balaban J connectivity index is 1.97. The van der Waals surface area contributed by atoms with Gasteiger partial charge in [-0.3, -0.25) is 0 Å². The molecule has 21 heavy (non-hydrogen) atoms. The van der Waals surface area contributed by atoms with E-state index < -0.39 is 0 Å². The Kier molecular flexibility index (Phi) is 2.81. The van der Waals surface area contributed by atoms with Gasteiger partial charge in [0, 0.05) is 17.0 Å². The number of hydrogen-bond donors (Lipinski definition) is 0. The van der Waals surface area contributed by atoms with E-state index in [2.05, 4.69) is 67.2 Å². The lowest BCUT2D eigenvalue weighted by Crippen LogP contribution is -2.30. The number of aryl methyl sites for hydroxylation is 4. The largest absolute Gasteiger partial charge is 0.213 e. The molecule has 1 heterocycles. The van der Waals surface area contributed by atoms with Crippen LogP contribution in [0.3, 0.4) is 0 Å². The number of aromatic nitrogens is 1. The molecule has 0 bridgehead atoms. The van der Waals surface area contributed by atoms with Crippen molar-refractivity contribution in [2.24, 2.45) is 7.05 Å². The van der Waals surface area contributed by atoms with Crippen LogP contribution < -0.4 is 4.57 Å². The van der Waals surface area contributed by atoms with E-state index in [9.17, 15) is 0 Å². The molecule has 0 atom stereocenters. The second-order valence-corrected chi connectivity index (χ2v) is 6.19. The van der Waals surface area contributed by atoms with Gasteiger partial charge in [-0.25, -0.2) is 4.57 Å². The molecule has 1 nitrogen and oxygen atoms in total. The molecule has 2 aromatic carbocycles. The van der Waals surface area contributed by atoms with E-state index in [0.717, 1.165) is 0 Å². The minimum Gasteiger partial charge on any atom is -0.200 e. The van der Waals surface area contributed by atoms with Crippen LogP contribution in [-0.2, 0) is 19.9 Å². The van der Waals surface area contributed by atoms with Gasteiger partial charge in [0.25, 0.3) is 0 Å². The molecular formula is C20H20N+. The predicted molar refractivity (Wildman–Crippen MR) is 87.3 cm³/mol. The lowest BCUT2D eigenvalue weighted by atomic mass is 10.00. The van der Waals surface area contributed by atoms with Crippen molar-refractivity contribution in [2.45, 2.75) is 26.2 Å². The van der Waals surface area contributed by atoms with Crippen LogP contribution in [0.2, 0.25) is 0 Å². The molecule has 3 aromatic rings. The van der Waals surface area contributed by atoms with Gasteiger partial charge in [0.15, 0.2) is 6.20 Å². The van der Waals surface area contributed by atoms with Gasteiger partial charge < -0.3 is 0 Å². The zero-order valence-electron chi connectivity index (χ0n) is 12.7. The molecule has 1 aromatic heterocycles. The molecule has 104 valence electrons. The summed E-state index contributed by atoms with van der Waals surface area (Å²) in [5.74, 6) is 0. The average Bonchev–Trinajstić information content (AvgIpc) is 2.92. The minimum atomic E-state index is 1.24. The van der Waals surface area contributed by atoms with Gasteiger partial charge in [0.05, 0.1) is 0 Å². The SMILES string of the molecule is Cc1ccccc1-c1cc2cc3c(cc2c[n+]1C)CCC3. The fourth-order valence-corrected chi connectivity index (χ4v) is 3.55. The summed E-state index contributed by atoms with van der Waals surface area (Å²) < 4.78 is 2.26. The first kappa shape index (κ1) is 12.6. The molecule has 0 amide bonds. The fraction of sp³-hybridized carbons (Fsp3) is 0.250. The van der Waals surface area contributed by atoms with Crippen molar-refractivity contribution < 1.29 is 4.57 Å². The van der Waals surface area contributed by atoms with Gasteiger partial charge in [-0.2, -0.15) is 0 Å². The average molecular weight is 274 g/mol. The summed E-state index contributed by atoms with van der Waals surface area (Å²) in [5.41, 5.74) is 7.03. The molecule has 0 radical (unpaired) electrons. The van der Waals surface area contributed by atoms with Crippen molar-refractivity contribution in [2.75, 3.05) is 0 Å². The number of nitrogens with zero attached hydrogens (tertiary/aromatic N) is 1. The van der Waals surface area contributed by atoms with E-state index in [4.69, 9.17) is 0 Å². The van der Waals surface area contributed by atoms with E-state index >= 15 is 0 Å². The Morgan fingerprint density at radius 3 is 2.38 bits per heavy atom. The van der Waals surface area contributed by atoms with Gasteiger partial charge in [-0.05, 0) is 60.4 Å². The molecule has 0 fully saturated rings. The molecule has 0 aliphatic heterocycles. The monoisotopic (exact) mass is 274 g/mol. The number of pyridine rings is 1. The maximum atomic E-state index is 2.40. The molecule has 0 N–H and O–H groups in total. The molecule has 1 aliphatic carbocycles. The van der Waals surface area contributed by atoms with Crippen LogP contribution >= 0.6 is 0 Å². The van der Waals surface area contributed by atoms with Crippen molar-refractivity contribution in [1.82, 2.24) is 0 Å². The fourth-order valence-electron chi connectivity index (χ4n) is 3.55. The minimum absolute atomic E-state index is 1.24. The topological polar surface area (TPSA) is 3.88 Å². The Bertz CT molecular complexity index is 846. The molecule has 1 aliphatic rings. The number of rotatable bonds is 1. The predicted octanol–water partition coefficient (Wildman–Crippen LogP) is 4.13. The quantitative estimate of drug-likeness (QED) is 0.587. The van der Waals surface area contributed by atoms with E-state index in [1.807, 2.05) is 0 Å². The highest BCUT2D eigenvalue weighted by Crippen LogP contribution is 2.29. The number of hydrogen-bond acceptors (Lipinski definition) is 0. The van der Waals surface area contributed by atoms with E-state index in [-0.39, 0.29) is 0 Å². The van der Waals surface area contributed by atoms with Crippen molar-refractivity contribution in [3.8, 4) is 11.3 Å². The first-order valence-electron chi connectivity index (χ1n) is 7.73. The zero-order chi connectivity index (χ0) is 14.4. The second kappa shape index (κ2) is 4.70. The van der Waals surface area contributed by atoms with Crippen molar-refractivity contribution in [3.63, 3.8) is 0 Å². The van der Waals surface area contributed by atoms with Gasteiger partial charge in [-0.1, -0.05) is 24.3 Å². The molecular weight excluding hydrogens is 254 g/mol. The lowest BCUT2D eigenvalue weighted by molar-refractivity contribution is -0.659. The Morgan fingerprint density at radius 1 is 0.905 bits per heavy atom. The summed E-state index contributed by atoms with van der Waals surface area (Å²) in [4.78, 5) is 0. The first-order chi connectivity index (χ1) is 10.2. The third kappa shape index (κ3) is 2.04. The third-order valence-electron chi connectivity index (χ3n) is 4.72. The van der Waals surface area contributed by atoms with Crippen molar-refractivity contribution >= 4 is 10.8 Å². The van der Waals surface area contributed by atoms with Crippen LogP contribution in [0.25, 0.3) is 22.0 Å². The smallest absolute Gasteiger partial charge is 0.200 e. The zero-order valence-corrected chi connectivity index (χ0v) is 12.7. The maximum absolute atomic E-state index is 2.40. The summed E-state index contributed by atoms with van der Waals surface area (Å²) in [5, 5.41) is 2.72. The molecule has 0 saturated heterocycles. The Labute approximate surface area is 125 Å². The van der Waals surface area contributed by atoms with Crippen LogP contribution in [-0.4, -0.2) is 0 Å². The van der Waals surface area contributed by atoms with Crippen LogP contribution in [0.15, 0.2) is 48.7 Å². The second-order valence-electron chi connectivity index (χ2n) is 6.19. The Morgan fingerprint density at radius 2 is 1.62 bits per heavy atom. The van der Waals surface area contributed by atoms with Gasteiger partial charge in [0.2, 0.25) is 5.69 Å². The van der Waals surface area contributed by atoms with Gasteiger partial charge in [0.1, 0.15) is 7.05 Å². The standard InChI is InChI=1S/C20H20N/c1-14-6-3-4-9-19(14)20-12-17-10-15-7-5-8-16(15)11-18(17)13-21(20)2/h3-4,6,9-13H,5,7-8H2,1-2H3/q+1. The molecule has 0 spiro atoms. The summed E-state index contributed by atoms with van der Waals surface area (Å²) in [6.07, 6.45) is 6.07. The van der Waals surface area contributed by atoms with Crippen LogP contribution in [0.1, 0.15) is 23.1 Å². The normalized spacial score (nSPS) is 13.6. The van der Waals surface area contributed by atoms with E-state index in [0.29, 0.717) is 0 Å². The highest BCUT2D eigenvalue weighted by atomic mass is 14.9. The van der Waals surface area contributed by atoms with Gasteiger partial charge >= 0.3 is 0 Å². The third-order valence-corrected chi connectivity index (χ3v) is 4.72. The Hall–Kier alpha value is -2.15. The number of fused-ring (bicyclic) bond motifs is 2. The summed E-state index contributed by atoms with van der Waals surface area (Å²) >= 11 is 0. The summed E-state index contributed by atoms with van der Waals surface area (Å²) in [7, 11) is 2.15. The molecule has 1 heteroatoms. The molecule has 4 rings (SSSR count). The van der Waals surface area contributed by atoms with Gasteiger partial charge in [-0.15, -0.1) is 0 Å². The van der Waals surface area contributed by atoms with Crippen LogP contribution in [0, 0.1) is 6.92 Å². The first-order valence-corrected chi connectivity index (χ1v) is 7.73. The van der Waals surface area contributed by atoms with Crippen LogP contribution in [0.5, 0.6) is 0 Å². The van der Waals surface area contributed by atoms with E-state index in [1.54, 1.807) is 11.1 Å². The van der Waals surface area contributed by atoms with Crippen molar-refractivity contribution in [3.05, 3.63) is 65.4 Å². The summed E-state index contributed by atoms with van der Waals surface area (Å²) in [6.45, 7) is 2.18. The molecule has 0 unspecified atom stereocenters. The molecule has 0 saturated carbocycles. The highest BCUT2D eigenvalue weighted by Gasteiger charge is 2.17. The highest BCUT2D eigenvalue weighted by molar-refractivity contribution is 5.86. The maximum Gasteiger partial charge on any atom is 0.213 e. The summed E-state index contributed by atoms with van der Waals surface area (Å²) in [6, 6.07) is 15.8. The number of benzene rings is 2. The lowest BCUT2D eigenvalue weighted by Gasteiger charge is -2.07. The van der Waals surface area contributed by atoms with Crippen LogP contribution in [0.4, 0.5) is 0 Å².